The van der Waals surface area contributed by atoms with Gasteiger partial charge in [-0.2, -0.15) is 0 Å². The van der Waals surface area contributed by atoms with Crippen LogP contribution in [0.1, 0.15) is 0 Å². The monoisotopic (exact) mass is 177 g/mol. The second-order valence-electron chi connectivity index (χ2n) is 2.50. The van der Waals surface area contributed by atoms with E-state index in [1.54, 1.807) is 24.3 Å². The first-order valence-corrected chi connectivity index (χ1v) is 3.65. The molecule has 0 spiro atoms. The summed E-state index contributed by atoms with van der Waals surface area (Å²) >= 11 is 0. The zero-order valence-electron chi connectivity index (χ0n) is 6.96. The summed E-state index contributed by atoms with van der Waals surface area (Å²) in [5, 5.41) is 16.8. The van der Waals surface area contributed by atoms with Gasteiger partial charge in [0.05, 0.1) is 11.4 Å². The minimum Gasteiger partial charge on any atom is -0.397 e. The molecule has 0 amide bonds. The third kappa shape index (κ3) is 2.19. The number of hydrogen-bond donors (Lipinski definition) is 5. The van der Waals surface area contributed by atoms with Crippen LogP contribution in [0.5, 0.6) is 0 Å². The van der Waals surface area contributed by atoms with Crippen molar-refractivity contribution in [3.05, 3.63) is 24.3 Å². The van der Waals surface area contributed by atoms with Gasteiger partial charge in [-0.1, -0.05) is 12.1 Å². The Bertz CT molecular complexity index is 344. The first-order chi connectivity index (χ1) is 6.11. The molecule has 13 heavy (non-hydrogen) atoms. The fourth-order valence-electron chi connectivity index (χ4n) is 0.813. The number of nitrogens with one attached hydrogen (secondary N) is 3. The Morgan fingerprint density at radius 3 is 2.38 bits per heavy atom. The van der Waals surface area contributed by atoms with Crippen LogP contribution in [0.15, 0.2) is 24.3 Å². The van der Waals surface area contributed by atoms with E-state index in [9.17, 15) is 0 Å². The number of para-hydroxylation sites is 2. The van der Waals surface area contributed by atoms with Crippen LogP contribution in [0.2, 0.25) is 0 Å². The van der Waals surface area contributed by atoms with Gasteiger partial charge in [0.2, 0.25) is 0 Å². The van der Waals surface area contributed by atoms with E-state index >= 15 is 0 Å². The molecule has 0 heterocycles. The minimum absolute atomic E-state index is 0.155. The van der Waals surface area contributed by atoms with Crippen molar-refractivity contribution in [1.82, 2.24) is 0 Å². The highest BCUT2D eigenvalue weighted by molar-refractivity contribution is 6.41. The van der Waals surface area contributed by atoms with Crippen LogP contribution in [-0.4, -0.2) is 11.7 Å². The number of benzene rings is 1. The Hall–Kier alpha value is -2.04. The van der Waals surface area contributed by atoms with Crippen molar-refractivity contribution in [1.29, 1.82) is 10.8 Å². The Morgan fingerprint density at radius 2 is 1.85 bits per heavy atom. The van der Waals surface area contributed by atoms with Gasteiger partial charge in [0, 0.05) is 0 Å². The van der Waals surface area contributed by atoms with Gasteiger partial charge in [0.15, 0.2) is 11.7 Å². The molecule has 1 aromatic carbocycles. The van der Waals surface area contributed by atoms with Crippen LogP contribution < -0.4 is 16.8 Å². The van der Waals surface area contributed by atoms with Crippen molar-refractivity contribution >= 4 is 23.0 Å². The topological polar surface area (TPSA) is 112 Å². The number of hydrogen-bond acceptors (Lipinski definition) is 3. The first-order valence-electron chi connectivity index (χ1n) is 3.65. The molecule has 0 atom stereocenters. The average Bonchev–Trinajstić information content (AvgIpc) is 2.08. The number of nitrogen functional groups attached to an aromatic ring is 1. The number of amidine groups is 2. The van der Waals surface area contributed by atoms with Gasteiger partial charge in [0.1, 0.15) is 0 Å². The molecule has 7 N–H and O–H groups in total. The molecule has 0 unspecified atom stereocenters. The lowest BCUT2D eigenvalue weighted by Gasteiger charge is -2.07. The zero-order chi connectivity index (χ0) is 9.84. The van der Waals surface area contributed by atoms with Crippen LogP contribution >= 0.6 is 0 Å². The molecule has 0 aromatic heterocycles. The minimum atomic E-state index is -0.316. The lowest BCUT2D eigenvalue weighted by Crippen LogP contribution is -2.28. The van der Waals surface area contributed by atoms with E-state index in [0.29, 0.717) is 11.4 Å². The predicted molar refractivity (Wildman–Crippen MR) is 54.1 cm³/mol. The molecule has 0 radical (unpaired) electrons. The van der Waals surface area contributed by atoms with E-state index in [0.717, 1.165) is 0 Å². The molecule has 1 aromatic rings. The van der Waals surface area contributed by atoms with Crippen molar-refractivity contribution in [2.45, 2.75) is 0 Å². The molecular formula is C8H11N5. The second-order valence-corrected chi connectivity index (χ2v) is 2.50. The summed E-state index contributed by atoms with van der Waals surface area (Å²) in [6.07, 6.45) is 0. The van der Waals surface area contributed by atoms with Gasteiger partial charge in [-0.3, -0.25) is 10.8 Å². The Balaban J connectivity index is 2.81. The second kappa shape index (κ2) is 3.57. The Kier molecular flexibility index (Phi) is 2.49. The van der Waals surface area contributed by atoms with E-state index in [2.05, 4.69) is 5.32 Å². The lowest BCUT2D eigenvalue weighted by molar-refractivity contribution is 1.42. The van der Waals surface area contributed by atoms with Crippen LogP contribution in [0.25, 0.3) is 0 Å². The van der Waals surface area contributed by atoms with Crippen LogP contribution in [0.4, 0.5) is 11.4 Å². The smallest absolute Gasteiger partial charge is 0.165 e. The van der Waals surface area contributed by atoms with Gasteiger partial charge >= 0.3 is 0 Å². The molecule has 0 aliphatic rings. The highest BCUT2D eigenvalue weighted by Crippen LogP contribution is 2.16. The summed E-state index contributed by atoms with van der Waals surface area (Å²) in [4.78, 5) is 0. The number of anilines is 2. The summed E-state index contributed by atoms with van der Waals surface area (Å²) in [6.45, 7) is 0. The zero-order valence-corrected chi connectivity index (χ0v) is 6.96. The Labute approximate surface area is 75.8 Å². The normalized spacial score (nSPS) is 9.23. The van der Waals surface area contributed by atoms with Gasteiger partial charge in [-0.05, 0) is 12.1 Å². The largest absolute Gasteiger partial charge is 0.397 e. The summed E-state index contributed by atoms with van der Waals surface area (Å²) in [5.74, 6) is -0.471. The summed E-state index contributed by atoms with van der Waals surface area (Å²) in [7, 11) is 0. The molecule has 0 bridgehead atoms. The first kappa shape index (κ1) is 9.05. The highest BCUT2D eigenvalue weighted by Gasteiger charge is 2.02. The molecule has 1 rings (SSSR count). The number of rotatable bonds is 1. The molecule has 0 saturated carbocycles. The molecule has 0 fully saturated rings. The van der Waals surface area contributed by atoms with E-state index in [1.165, 1.54) is 0 Å². The van der Waals surface area contributed by atoms with Gasteiger partial charge < -0.3 is 16.8 Å². The van der Waals surface area contributed by atoms with Crippen molar-refractivity contribution in [3.8, 4) is 0 Å². The summed E-state index contributed by atoms with van der Waals surface area (Å²) in [6, 6.07) is 6.99. The van der Waals surface area contributed by atoms with Crippen LogP contribution in [-0.2, 0) is 0 Å². The maximum atomic E-state index is 7.26. The highest BCUT2D eigenvalue weighted by atomic mass is 15.0. The fraction of sp³-hybridized carbons (Fsp3) is 0. The van der Waals surface area contributed by atoms with E-state index in [4.69, 9.17) is 22.3 Å². The van der Waals surface area contributed by atoms with Crippen molar-refractivity contribution in [3.63, 3.8) is 0 Å². The molecule has 5 nitrogen and oxygen atoms in total. The quantitative estimate of drug-likeness (QED) is 0.246. The van der Waals surface area contributed by atoms with E-state index in [-0.39, 0.29) is 11.7 Å². The Morgan fingerprint density at radius 1 is 1.23 bits per heavy atom. The van der Waals surface area contributed by atoms with Crippen LogP contribution in [0, 0.1) is 10.8 Å². The van der Waals surface area contributed by atoms with Gasteiger partial charge in [-0.15, -0.1) is 0 Å². The average molecular weight is 177 g/mol. The number of nitrogens with two attached hydrogens (primary N) is 2. The lowest BCUT2D eigenvalue weighted by atomic mass is 10.2. The van der Waals surface area contributed by atoms with Gasteiger partial charge in [0.25, 0.3) is 0 Å². The van der Waals surface area contributed by atoms with Crippen molar-refractivity contribution in [2.75, 3.05) is 11.1 Å². The van der Waals surface area contributed by atoms with E-state index < -0.39 is 0 Å². The molecule has 0 aliphatic heterocycles. The fourth-order valence-corrected chi connectivity index (χ4v) is 0.813. The van der Waals surface area contributed by atoms with Gasteiger partial charge in [-0.25, -0.2) is 0 Å². The van der Waals surface area contributed by atoms with Crippen molar-refractivity contribution < 1.29 is 0 Å². The SMILES string of the molecule is N=C(N)C(=N)Nc1ccccc1N. The molecular weight excluding hydrogens is 166 g/mol. The summed E-state index contributed by atoms with van der Waals surface area (Å²) < 4.78 is 0. The molecule has 0 aliphatic carbocycles. The molecule has 5 heteroatoms. The predicted octanol–water partition coefficient (Wildman–Crippen LogP) is 0.594. The summed E-state index contributed by atoms with van der Waals surface area (Å²) in [5.41, 5.74) is 11.8. The third-order valence-corrected chi connectivity index (χ3v) is 1.49. The van der Waals surface area contributed by atoms with Crippen molar-refractivity contribution in [2.24, 2.45) is 5.73 Å². The van der Waals surface area contributed by atoms with E-state index in [1.807, 2.05) is 0 Å². The maximum Gasteiger partial charge on any atom is 0.165 e. The molecule has 68 valence electrons. The maximum absolute atomic E-state index is 7.26. The standard InChI is InChI=1S/C8H11N5/c9-5-3-1-2-4-6(5)13-8(12)7(10)11/h1-4H,9H2,(H3,10,11)(H2,12,13). The van der Waals surface area contributed by atoms with Crippen LogP contribution in [0.3, 0.4) is 0 Å². The molecule has 0 saturated heterocycles. The third-order valence-electron chi connectivity index (χ3n) is 1.49.